The van der Waals surface area contributed by atoms with Gasteiger partial charge in [0, 0.05) is 12.3 Å². The first kappa shape index (κ1) is 16.1. The molecule has 0 bridgehead atoms. The van der Waals surface area contributed by atoms with Gasteiger partial charge in [0.1, 0.15) is 11.8 Å². The first-order valence-electron chi connectivity index (χ1n) is 7.69. The summed E-state index contributed by atoms with van der Waals surface area (Å²) in [6.07, 6.45) is 1.27. The average molecular weight is 325 g/mol. The highest BCUT2D eigenvalue weighted by atomic mass is 16.7. The lowest BCUT2D eigenvalue weighted by molar-refractivity contribution is -0.138. The van der Waals surface area contributed by atoms with Crippen molar-refractivity contribution in [3.63, 3.8) is 0 Å². The van der Waals surface area contributed by atoms with E-state index in [4.69, 9.17) is 4.42 Å². The van der Waals surface area contributed by atoms with E-state index in [1.807, 2.05) is 18.2 Å². The third-order valence-corrected chi connectivity index (χ3v) is 3.92. The number of hydrogen-bond acceptors (Lipinski definition) is 5. The predicted octanol–water partition coefficient (Wildman–Crippen LogP) is 4.13. The molecule has 3 aromatic rings. The molecule has 5 heteroatoms. The Morgan fingerprint density at radius 3 is 2.50 bits per heavy atom. The number of anilines is 1. The second-order valence-corrected chi connectivity index (χ2v) is 6.80. The number of carbonyl (C=O) groups is 1. The third-order valence-electron chi connectivity index (χ3n) is 3.92. The molecule has 24 heavy (non-hydrogen) atoms. The topological polar surface area (TPSA) is 68.5 Å². The highest BCUT2D eigenvalue weighted by molar-refractivity contribution is 6.04. The first-order chi connectivity index (χ1) is 11.3. The Bertz CT molecular complexity index is 996. The maximum Gasteiger partial charge on any atom is 0.329 e. The molecule has 2 aromatic carbocycles. The van der Waals surface area contributed by atoms with Gasteiger partial charge < -0.3 is 9.25 Å². The van der Waals surface area contributed by atoms with Crippen LogP contribution in [0.3, 0.4) is 0 Å². The number of hydrogen-bond donors (Lipinski definition) is 1. The largest absolute Gasteiger partial charge is 0.461 e. The molecule has 0 aliphatic carbocycles. The van der Waals surface area contributed by atoms with Crippen LogP contribution in [0.15, 0.2) is 45.8 Å². The summed E-state index contributed by atoms with van der Waals surface area (Å²) in [7, 11) is 0. The number of carbonyl (C=O) groups excluding carboxylic acids is 1. The minimum absolute atomic E-state index is 0.0434. The molecule has 0 atom stereocenters. The van der Waals surface area contributed by atoms with Crippen molar-refractivity contribution >= 4 is 33.4 Å². The van der Waals surface area contributed by atoms with Crippen molar-refractivity contribution in [1.29, 1.82) is 0 Å². The van der Waals surface area contributed by atoms with E-state index in [9.17, 15) is 9.59 Å². The maximum absolute atomic E-state index is 12.5. The van der Waals surface area contributed by atoms with Crippen LogP contribution in [0.5, 0.6) is 0 Å². The Balaban J connectivity index is 2.17. The van der Waals surface area contributed by atoms with Crippen LogP contribution in [-0.2, 0) is 15.0 Å². The molecule has 0 aliphatic rings. The molecule has 0 amide bonds. The van der Waals surface area contributed by atoms with Gasteiger partial charge >= 0.3 is 5.97 Å². The fraction of sp³-hybridized carbons (Fsp3) is 0.263. The summed E-state index contributed by atoms with van der Waals surface area (Å²) in [5, 5.41) is 2.32. The number of nitrogens with one attached hydrogen (secondary N) is 1. The minimum Gasteiger partial charge on any atom is -0.461 e. The molecular weight excluding hydrogens is 306 g/mol. The molecule has 1 heterocycles. The van der Waals surface area contributed by atoms with Crippen LogP contribution in [0.4, 0.5) is 5.69 Å². The van der Waals surface area contributed by atoms with Crippen molar-refractivity contribution in [2.45, 2.75) is 33.1 Å². The van der Waals surface area contributed by atoms with Gasteiger partial charge in [0.15, 0.2) is 5.69 Å². The quantitative estimate of drug-likeness (QED) is 0.566. The minimum atomic E-state index is -0.539. The van der Waals surface area contributed by atoms with Crippen LogP contribution in [0.2, 0.25) is 0 Å². The molecule has 0 saturated carbocycles. The average Bonchev–Trinajstić information content (AvgIpc) is 2.52. The monoisotopic (exact) mass is 325 g/mol. The summed E-state index contributed by atoms with van der Waals surface area (Å²) in [5.74, 6) is -0.539. The summed E-state index contributed by atoms with van der Waals surface area (Å²) >= 11 is 0. The number of rotatable bonds is 2. The lowest BCUT2D eigenvalue weighted by Gasteiger charge is -2.19. The van der Waals surface area contributed by atoms with E-state index in [0.29, 0.717) is 11.0 Å². The summed E-state index contributed by atoms with van der Waals surface area (Å²) in [6.45, 7) is 7.71. The Labute approximate surface area is 139 Å². The third kappa shape index (κ3) is 2.85. The molecule has 0 unspecified atom stereocenters. The Morgan fingerprint density at radius 1 is 1.12 bits per heavy atom. The molecule has 124 valence electrons. The normalized spacial score (nSPS) is 11.7. The molecule has 0 spiro atoms. The smallest absolute Gasteiger partial charge is 0.329 e. The van der Waals surface area contributed by atoms with Crippen molar-refractivity contribution in [3.05, 3.63) is 52.4 Å². The van der Waals surface area contributed by atoms with Gasteiger partial charge in [-0.3, -0.25) is 9.59 Å². The second kappa shape index (κ2) is 5.67. The molecule has 0 aliphatic heterocycles. The van der Waals surface area contributed by atoms with Gasteiger partial charge in [0.05, 0.1) is 5.39 Å². The zero-order valence-corrected chi connectivity index (χ0v) is 14.1. The Kier molecular flexibility index (Phi) is 3.79. The highest BCUT2D eigenvalue weighted by Gasteiger charge is 2.16. The lowest BCUT2D eigenvalue weighted by Crippen LogP contribution is -2.14. The number of benzene rings is 2. The van der Waals surface area contributed by atoms with Crippen molar-refractivity contribution in [1.82, 2.24) is 0 Å². The fourth-order valence-electron chi connectivity index (χ4n) is 2.59. The van der Waals surface area contributed by atoms with Crippen LogP contribution >= 0.6 is 0 Å². The van der Waals surface area contributed by atoms with E-state index in [1.54, 1.807) is 6.07 Å². The van der Waals surface area contributed by atoms with Crippen LogP contribution in [0, 0.1) is 0 Å². The standard InChI is InChI=1S/C19H19NO4/c1-11(21)24-20-16-10-23-18-14-8-6-13(19(2,3)4)9-12(14)5-7-15(18)17(16)22/h5-10,20H,1-4H3. The fourth-order valence-corrected chi connectivity index (χ4v) is 2.59. The van der Waals surface area contributed by atoms with Crippen LogP contribution in [0.25, 0.3) is 21.7 Å². The van der Waals surface area contributed by atoms with Gasteiger partial charge in [-0.05, 0) is 22.4 Å². The summed E-state index contributed by atoms with van der Waals surface area (Å²) < 4.78 is 5.64. The zero-order chi connectivity index (χ0) is 17.5. The number of fused-ring (bicyclic) bond motifs is 3. The van der Waals surface area contributed by atoms with Gasteiger partial charge in [-0.25, -0.2) is 5.48 Å². The predicted molar refractivity (Wildman–Crippen MR) is 94.1 cm³/mol. The molecule has 0 fully saturated rings. The van der Waals surface area contributed by atoms with Gasteiger partial charge in [-0.1, -0.05) is 45.0 Å². The van der Waals surface area contributed by atoms with E-state index < -0.39 is 5.97 Å². The molecule has 5 nitrogen and oxygen atoms in total. The van der Waals surface area contributed by atoms with Crippen LogP contribution in [-0.4, -0.2) is 5.97 Å². The highest BCUT2D eigenvalue weighted by Crippen LogP contribution is 2.30. The summed E-state index contributed by atoms with van der Waals surface area (Å²) in [6, 6.07) is 9.77. The van der Waals surface area contributed by atoms with Gasteiger partial charge in [-0.15, -0.1) is 0 Å². The summed E-state index contributed by atoms with van der Waals surface area (Å²) in [4.78, 5) is 28.0. The van der Waals surface area contributed by atoms with E-state index >= 15 is 0 Å². The van der Waals surface area contributed by atoms with E-state index in [-0.39, 0.29) is 16.5 Å². The van der Waals surface area contributed by atoms with Gasteiger partial charge in [-0.2, -0.15) is 0 Å². The molecule has 1 aromatic heterocycles. The molecule has 3 rings (SSSR count). The zero-order valence-electron chi connectivity index (χ0n) is 14.1. The maximum atomic E-state index is 12.5. The Hall–Kier alpha value is -2.82. The SMILES string of the molecule is CC(=O)ONc1coc2c(ccc3cc(C(C)(C)C)ccc32)c1=O. The lowest BCUT2D eigenvalue weighted by atomic mass is 9.86. The first-order valence-corrected chi connectivity index (χ1v) is 7.69. The van der Waals surface area contributed by atoms with Crippen molar-refractivity contribution in [2.24, 2.45) is 0 Å². The van der Waals surface area contributed by atoms with E-state index in [1.165, 1.54) is 18.8 Å². The van der Waals surface area contributed by atoms with E-state index in [0.717, 1.165) is 10.8 Å². The molecule has 0 saturated heterocycles. The van der Waals surface area contributed by atoms with Gasteiger partial charge in [0.2, 0.25) is 5.43 Å². The second-order valence-electron chi connectivity index (χ2n) is 6.80. The Morgan fingerprint density at radius 2 is 1.83 bits per heavy atom. The van der Waals surface area contributed by atoms with E-state index in [2.05, 4.69) is 37.2 Å². The summed E-state index contributed by atoms with van der Waals surface area (Å²) in [5.41, 5.74) is 3.91. The molecular formula is C19H19NO4. The molecule has 1 N–H and O–H groups in total. The molecule has 0 radical (unpaired) electrons. The van der Waals surface area contributed by atoms with Gasteiger partial charge in [0.25, 0.3) is 0 Å². The van der Waals surface area contributed by atoms with Crippen molar-refractivity contribution < 1.29 is 14.0 Å². The van der Waals surface area contributed by atoms with Crippen LogP contribution < -0.4 is 10.9 Å². The van der Waals surface area contributed by atoms with Crippen LogP contribution in [0.1, 0.15) is 33.3 Å². The van der Waals surface area contributed by atoms with Crippen molar-refractivity contribution in [3.8, 4) is 0 Å². The van der Waals surface area contributed by atoms with Crippen molar-refractivity contribution in [2.75, 3.05) is 5.48 Å².